The topological polar surface area (TPSA) is 53.6 Å². The fraction of sp³-hybridized carbons (Fsp3) is 0.286. The molecule has 5 nitrogen and oxygen atoms in total. The number of amides is 2. The largest absolute Gasteiger partial charge is 0.416 e. The van der Waals surface area contributed by atoms with Crippen molar-refractivity contribution in [2.45, 2.75) is 24.6 Å². The van der Waals surface area contributed by atoms with Gasteiger partial charge < -0.3 is 10.2 Å². The minimum Gasteiger partial charge on any atom is -0.324 e. The van der Waals surface area contributed by atoms with E-state index in [9.17, 15) is 18.0 Å². The summed E-state index contributed by atoms with van der Waals surface area (Å²) in [4.78, 5) is 19.9. The van der Waals surface area contributed by atoms with Gasteiger partial charge in [-0.2, -0.15) is 13.2 Å². The molecule has 2 aliphatic rings. The fourth-order valence-corrected chi connectivity index (χ4v) is 3.52. The Balaban J connectivity index is 1.35. The summed E-state index contributed by atoms with van der Waals surface area (Å²) in [6.45, 7) is 0.958. The molecule has 1 spiro atoms. The van der Waals surface area contributed by atoms with E-state index < -0.39 is 17.3 Å². The molecule has 0 saturated carbocycles. The quantitative estimate of drug-likeness (QED) is 0.768. The van der Waals surface area contributed by atoms with Gasteiger partial charge >= 0.3 is 12.2 Å². The lowest BCUT2D eigenvalue weighted by molar-refractivity contribution is -0.137. The summed E-state index contributed by atoms with van der Waals surface area (Å²) in [7, 11) is 0. The zero-order chi connectivity index (χ0) is 20.5. The van der Waals surface area contributed by atoms with Crippen LogP contribution in [0.1, 0.15) is 24.0 Å². The van der Waals surface area contributed by atoms with Gasteiger partial charge in [-0.3, -0.25) is 10.3 Å². The number of nitrogens with zero attached hydrogens (tertiary/aromatic N) is 1. The first-order chi connectivity index (χ1) is 13.8. The third-order valence-corrected chi connectivity index (χ3v) is 5.22. The molecule has 0 bridgehead atoms. The Morgan fingerprint density at radius 1 is 1.03 bits per heavy atom. The number of rotatable bonds is 2. The molecule has 0 atom stereocenters. The van der Waals surface area contributed by atoms with Crippen LogP contribution < -0.4 is 10.8 Å². The highest BCUT2D eigenvalue weighted by Gasteiger charge is 2.40. The van der Waals surface area contributed by atoms with Crippen molar-refractivity contribution in [1.82, 2.24) is 10.4 Å². The predicted octanol–water partition coefficient (Wildman–Crippen LogP) is 4.65. The first-order valence-corrected chi connectivity index (χ1v) is 9.30. The van der Waals surface area contributed by atoms with Gasteiger partial charge in [0.15, 0.2) is 0 Å². The number of carbonyl (C=O) groups excluding carboxylic acids is 1. The lowest BCUT2D eigenvalue weighted by Crippen LogP contribution is -2.48. The van der Waals surface area contributed by atoms with Gasteiger partial charge in [-0.15, -0.1) is 0 Å². The van der Waals surface area contributed by atoms with Crippen LogP contribution in [-0.2, 0) is 11.0 Å². The summed E-state index contributed by atoms with van der Waals surface area (Å²) in [6, 6.07) is 13.9. The van der Waals surface area contributed by atoms with Gasteiger partial charge in [0.1, 0.15) is 5.60 Å². The number of piperidine rings is 1. The fourth-order valence-electron chi connectivity index (χ4n) is 3.52. The molecule has 2 amide bonds. The van der Waals surface area contributed by atoms with Crippen molar-refractivity contribution in [3.63, 3.8) is 0 Å². The van der Waals surface area contributed by atoms with Gasteiger partial charge in [0.25, 0.3) is 0 Å². The number of halogens is 3. The number of alkyl halides is 3. The van der Waals surface area contributed by atoms with Crippen molar-refractivity contribution >= 4 is 17.4 Å². The highest BCUT2D eigenvalue weighted by atomic mass is 19.4. The van der Waals surface area contributed by atoms with Crippen LogP contribution in [-0.4, -0.2) is 29.6 Å². The van der Waals surface area contributed by atoms with E-state index in [0.717, 1.165) is 23.4 Å². The molecule has 2 aromatic carbocycles. The van der Waals surface area contributed by atoms with Crippen molar-refractivity contribution in [1.29, 1.82) is 0 Å². The minimum atomic E-state index is -4.40. The molecule has 4 rings (SSSR count). The van der Waals surface area contributed by atoms with E-state index in [0.29, 0.717) is 31.6 Å². The number of likely N-dealkylation sites (tertiary alicyclic amines) is 1. The molecule has 2 N–H and O–H groups in total. The molecule has 2 heterocycles. The van der Waals surface area contributed by atoms with Crippen molar-refractivity contribution in [3.05, 3.63) is 71.8 Å². The number of hydroxylamine groups is 1. The lowest BCUT2D eigenvalue weighted by atomic mass is 9.90. The van der Waals surface area contributed by atoms with E-state index >= 15 is 0 Å². The van der Waals surface area contributed by atoms with E-state index in [1.165, 1.54) is 12.1 Å². The number of anilines is 1. The number of benzene rings is 2. The zero-order valence-electron chi connectivity index (χ0n) is 15.5. The van der Waals surface area contributed by atoms with Gasteiger partial charge in [0, 0.05) is 31.6 Å². The summed E-state index contributed by atoms with van der Waals surface area (Å²) in [5.74, 6) is 0. The molecule has 1 saturated heterocycles. The van der Waals surface area contributed by atoms with Gasteiger partial charge in [-0.1, -0.05) is 30.3 Å². The molecular weight excluding hydrogens is 383 g/mol. The van der Waals surface area contributed by atoms with Gasteiger partial charge in [-0.05, 0) is 35.9 Å². The van der Waals surface area contributed by atoms with E-state index in [1.807, 2.05) is 30.3 Å². The maximum atomic E-state index is 12.6. The zero-order valence-corrected chi connectivity index (χ0v) is 15.5. The van der Waals surface area contributed by atoms with Crippen LogP contribution in [0.25, 0.3) is 5.70 Å². The van der Waals surface area contributed by atoms with Crippen LogP contribution >= 0.6 is 0 Å². The van der Waals surface area contributed by atoms with Gasteiger partial charge in [0.2, 0.25) is 0 Å². The average Bonchev–Trinajstić information content (AvgIpc) is 3.12. The van der Waals surface area contributed by atoms with E-state index in [-0.39, 0.29) is 6.03 Å². The standard InChI is InChI=1S/C21H20F3N3O2/c22-21(23,24)16-6-8-17(9-7-16)25-19(28)27-12-10-20(11-13-27)14-18(26-29-20)15-4-2-1-3-5-15/h1-9,14,26H,10-13H2,(H,25,28). The Hall–Kier alpha value is -3.00. The van der Waals surface area contributed by atoms with Crippen LogP contribution in [0.3, 0.4) is 0 Å². The van der Waals surface area contributed by atoms with E-state index in [2.05, 4.69) is 16.9 Å². The molecular formula is C21H20F3N3O2. The first-order valence-electron chi connectivity index (χ1n) is 9.30. The maximum Gasteiger partial charge on any atom is 0.416 e. The van der Waals surface area contributed by atoms with Crippen LogP contribution in [0.5, 0.6) is 0 Å². The average molecular weight is 403 g/mol. The number of carbonyl (C=O) groups is 1. The third kappa shape index (κ3) is 4.22. The smallest absolute Gasteiger partial charge is 0.324 e. The van der Waals surface area contributed by atoms with Crippen LogP contribution in [0.4, 0.5) is 23.7 Å². The molecule has 8 heteroatoms. The predicted molar refractivity (Wildman–Crippen MR) is 103 cm³/mol. The van der Waals surface area contributed by atoms with E-state index in [1.54, 1.807) is 4.90 Å². The number of nitrogens with one attached hydrogen (secondary N) is 2. The van der Waals surface area contributed by atoms with Crippen LogP contribution in [0.2, 0.25) is 0 Å². The molecule has 0 aliphatic carbocycles. The number of hydrogen-bond acceptors (Lipinski definition) is 3. The van der Waals surface area contributed by atoms with Crippen molar-refractivity contribution in [2.75, 3.05) is 18.4 Å². The second kappa shape index (κ2) is 7.44. The lowest BCUT2D eigenvalue weighted by Gasteiger charge is -2.36. The maximum absolute atomic E-state index is 12.6. The summed E-state index contributed by atoms with van der Waals surface area (Å²) < 4.78 is 37.9. The monoisotopic (exact) mass is 403 g/mol. The van der Waals surface area contributed by atoms with Gasteiger partial charge in [-0.25, -0.2) is 4.79 Å². The molecule has 152 valence electrons. The Morgan fingerprint density at radius 2 is 1.69 bits per heavy atom. The van der Waals surface area contributed by atoms with Gasteiger partial charge in [0.05, 0.1) is 11.3 Å². The number of hydrogen-bond donors (Lipinski definition) is 2. The summed E-state index contributed by atoms with van der Waals surface area (Å²) in [5, 5.41) is 2.65. The highest BCUT2D eigenvalue weighted by molar-refractivity contribution is 5.89. The third-order valence-electron chi connectivity index (χ3n) is 5.22. The van der Waals surface area contributed by atoms with Crippen molar-refractivity contribution in [3.8, 4) is 0 Å². The summed E-state index contributed by atoms with van der Waals surface area (Å²) in [5.41, 5.74) is 4.05. The summed E-state index contributed by atoms with van der Waals surface area (Å²) >= 11 is 0. The second-order valence-electron chi connectivity index (χ2n) is 7.19. The molecule has 2 aromatic rings. The Labute approximate surface area is 166 Å². The Kier molecular flexibility index (Phi) is 4.96. The van der Waals surface area contributed by atoms with E-state index in [4.69, 9.17) is 4.84 Å². The first kappa shape index (κ1) is 19.3. The second-order valence-corrected chi connectivity index (χ2v) is 7.19. The van der Waals surface area contributed by atoms with Crippen molar-refractivity contribution in [2.24, 2.45) is 0 Å². The normalized spacial score (nSPS) is 18.3. The highest BCUT2D eigenvalue weighted by Crippen LogP contribution is 2.35. The van der Waals surface area contributed by atoms with Crippen LogP contribution in [0.15, 0.2) is 60.7 Å². The van der Waals surface area contributed by atoms with Crippen LogP contribution in [0, 0.1) is 0 Å². The number of urea groups is 1. The van der Waals surface area contributed by atoms with Crippen molar-refractivity contribution < 1.29 is 22.8 Å². The SMILES string of the molecule is O=C(Nc1ccc(C(F)(F)F)cc1)N1CCC2(C=C(c3ccccc3)NO2)CC1. The minimum absolute atomic E-state index is 0.327. The molecule has 2 aliphatic heterocycles. The summed E-state index contributed by atoms with van der Waals surface area (Å²) in [6.07, 6.45) is -1.09. The molecule has 0 radical (unpaired) electrons. The Morgan fingerprint density at radius 3 is 2.31 bits per heavy atom. The molecule has 0 aromatic heterocycles. The molecule has 29 heavy (non-hydrogen) atoms. The molecule has 0 unspecified atom stereocenters. The molecule has 1 fully saturated rings. The Bertz CT molecular complexity index is 903.